The van der Waals surface area contributed by atoms with E-state index in [1.807, 2.05) is 19.9 Å². The van der Waals surface area contributed by atoms with Crippen LogP contribution in [0.5, 0.6) is 5.75 Å². The summed E-state index contributed by atoms with van der Waals surface area (Å²) in [4.78, 5) is 40.3. The van der Waals surface area contributed by atoms with E-state index in [0.717, 1.165) is 11.1 Å². The molecule has 2 aliphatic heterocycles. The van der Waals surface area contributed by atoms with Gasteiger partial charge in [-0.15, -0.1) is 0 Å². The van der Waals surface area contributed by atoms with Gasteiger partial charge in [0.15, 0.2) is 6.61 Å². The Hall–Kier alpha value is -2.87. The molecule has 2 aliphatic rings. The highest BCUT2D eigenvalue weighted by Crippen LogP contribution is 2.31. The van der Waals surface area contributed by atoms with E-state index in [2.05, 4.69) is 0 Å². The maximum Gasteiger partial charge on any atom is 0.339 e. The molecular weight excluding hydrogens is 388 g/mol. The largest absolute Gasteiger partial charge is 0.483 e. The van der Waals surface area contributed by atoms with Crippen molar-refractivity contribution in [3.63, 3.8) is 0 Å². The SMILES string of the molecule is Cc1cc(OCC(=O)N2C[C@@H]3OCCC(=O)N(C)[C@H]3C2)c2c(C)c(C)c(=O)oc2c1. The lowest BCUT2D eigenvalue weighted by Gasteiger charge is -2.25. The van der Waals surface area contributed by atoms with Gasteiger partial charge < -0.3 is 23.7 Å². The standard InChI is InChI=1S/C22H26N2O6/c1-12-7-16(21-13(2)14(3)22(27)30-17(21)8-12)29-11-20(26)24-9-15-18(10-24)28-6-5-19(25)23(15)4/h7-8,15,18H,5-6,9-11H2,1-4H3/t15-,18-/m0/s1. The minimum atomic E-state index is -0.373. The van der Waals surface area contributed by atoms with Gasteiger partial charge in [-0.25, -0.2) is 4.79 Å². The van der Waals surface area contributed by atoms with Gasteiger partial charge in [-0.2, -0.15) is 0 Å². The molecule has 3 heterocycles. The molecule has 160 valence electrons. The fraction of sp³-hybridized carbons (Fsp3) is 0.500. The highest BCUT2D eigenvalue weighted by molar-refractivity contribution is 5.88. The van der Waals surface area contributed by atoms with Crippen LogP contribution in [0.25, 0.3) is 11.0 Å². The molecule has 0 bridgehead atoms. The number of fused-ring (bicyclic) bond motifs is 2. The molecule has 8 heteroatoms. The fourth-order valence-electron chi connectivity index (χ4n) is 4.19. The van der Waals surface area contributed by atoms with E-state index < -0.39 is 0 Å². The average Bonchev–Trinajstić information content (AvgIpc) is 3.08. The minimum absolute atomic E-state index is 0.0339. The zero-order chi connectivity index (χ0) is 21.6. The lowest BCUT2D eigenvalue weighted by molar-refractivity contribution is -0.135. The summed E-state index contributed by atoms with van der Waals surface area (Å²) >= 11 is 0. The Morgan fingerprint density at radius 1 is 1.17 bits per heavy atom. The van der Waals surface area contributed by atoms with Crippen LogP contribution in [0.1, 0.15) is 23.1 Å². The number of carbonyl (C=O) groups excluding carboxylic acids is 2. The van der Waals surface area contributed by atoms with E-state index in [1.165, 1.54) is 0 Å². The van der Waals surface area contributed by atoms with Gasteiger partial charge in [-0.05, 0) is 44.0 Å². The van der Waals surface area contributed by atoms with E-state index in [9.17, 15) is 14.4 Å². The number of likely N-dealkylation sites (N-methyl/N-ethyl adjacent to an activating group) is 1. The van der Waals surface area contributed by atoms with Gasteiger partial charge in [0.1, 0.15) is 11.3 Å². The number of carbonyl (C=O) groups is 2. The second-order valence-electron chi connectivity index (χ2n) is 8.09. The highest BCUT2D eigenvalue weighted by atomic mass is 16.5. The predicted molar refractivity (Wildman–Crippen MR) is 110 cm³/mol. The first-order valence-electron chi connectivity index (χ1n) is 10.1. The first-order valence-corrected chi connectivity index (χ1v) is 10.1. The van der Waals surface area contributed by atoms with E-state index in [-0.39, 0.29) is 36.2 Å². The average molecular weight is 414 g/mol. The molecule has 2 fully saturated rings. The Balaban J connectivity index is 1.52. The Morgan fingerprint density at radius 3 is 2.70 bits per heavy atom. The summed E-state index contributed by atoms with van der Waals surface area (Å²) in [5, 5.41) is 0.700. The van der Waals surface area contributed by atoms with Crippen molar-refractivity contribution in [1.82, 2.24) is 9.80 Å². The molecule has 30 heavy (non-hydrogen) atoms. The third kappa shape index (κ3) is 3.56. The zero-order valence-corrected chi connectivity index (χ0v) is 17.7. The van der Waals surface area contributed by atoms with Gasteiger partial charge >= 0.3 is 5.63 Å². The van der Waals surface area contributed by atoms with Gasteiger partial charge in [-0.3, -0.25) is 9.59 Å². The maximum absolute atomic E-state index is 12.8. The first kappa shape index (κ1) is 20.4. The Kier molecular flexibility index (Phi) is 5.27. The maximum atomic E-state index is 12.8. The third-order valence-electron chi connectivity index (χ3n) is 6.14. The van der Waals surface area contributed by atoms with Gasteiger partial charge in [0.2, 0.25) is 5.91 Å². The lowest BCUT2D eigenvalue weighted by Crippen LogP contribution is -2.43. The fourth-order valence-corrected chi connectivity index (χ4v) is 4.19. The van der Waals surface area contributed by atoms with Crippen LogP contribution in [0.3, 0.4) is 0 Å². The molecule has 0 aliphatic carbocycles. The van der Waals surface area contributed by atoms with Crippen molar-refractivity contribution in [3.8, 4) is 5.75 Å². The second kappa shape index (κ2) is 7.75. The number of aryl methyl sites for hydroxylation is 2. The Bertz CT molecular complexity index is 1080. The van der Waals surface area contributed by atoms with E-state index in [1.54, 1.807) is 29.8 Å². The molecule has 2 aromatic rings. The van der Waals surface area contributed by atoms with Crippen LogP contribution >= 0.6 is 0 Å². The summed E-state index contributed by atoms with van der Waals surface area (Å²) < 4.78 is 17.1. The van der Waals surface area contributed by atoms with Crippen molar-refractivity contribution in [2.75, 3.05) is 33.4 Å². The molecule has 0 N–H and O–H groups in total. The van der Waals surface area contributed by atoms with E-state index in [4.69, 9.17) is 13.9 Å². The van der Waals surface area contributed by atoms with Crippen LogP contribution in [0.4, 0.5) is 0 Å². The summed E-state index contributed by atoms with van der Waals surface area (Å²) in [6.45, 7) is 6.53. The first-order chi connectivity index (χ1) is 14.3. The molecule has 1 aromatic heterocycles. The van der Waals surface area contributed by atoms with Gasteiger partial charge in [-0.1, -0.05) is 0 Å². The molecule has 2 amide bonds. The summed E-state index contributed by atoms with van der Waals surface area (Å²) in [6, 6.07) is 3.49. The summed E-state index contributed by atoms with van der Waals surface area (Å²) in [5.41, 5.74) is 2.24. The van der Waals surface area contributed by atoms with Crippen LogP contribution in [-0.4, -0.2) is 67.1 Å². The second-order valence-corrected chi connectivity index (χ2v) is 8.09. The number of rotatable bonds is 3. The predicted octanol–water partition coefficient (Wildman–Crippen LogP) is 1.56. The topological polar surface area (TPSA) is 89.3 Å². The molecule has 0 spiro atoms. The smallest absolute Gasteiger partial charge is 0.339 e. The van der Waals surface area contributed by atoms with Gasteiger partial charge in [0, 0.05) is 25.7 Å². The summed E-state index contributed by atoms with van der Waals surface area (Å²) in [7, 11) is 1.76. The molecule has 2 saturated heterocycles. The lowest BCUT2D eigenvalue weighted by atomic mass is 10.0. The number of benzene rings is 1. The van der Waals surface area contributed by atoms with Crippen LogP contribution in [-0.2, 0) is 14.3 Å². The molecule has 2 atom stereocenters. The number of hydrogen-bond acceptors (Lipinski definition) is 6. The number of likely N-dealkylation sites (tertiary alicyclic amines) is 1. The molecule has 1 aromatic carbocycles. The normalized spacial score (nSPS) is 21.7. The van der Waals surface area contributed by atoms with Crippen LogP contribution in [0.15, 0.2) is 21.3 Å². The molecule has 4 rings (SSSR count). The van der Waals surface area contributed by atoms with E-state index >= 15 is 0 Å². The van der Waals surface area contributed by atoms with Crippen molar-refractivity contribution >= 4 is 22.8 Å². The molecule has 8 nitrogen and oxygen atoms in total. The number of amides is 2. The van der Waals surface area contributed by atoms with Crippen molar-refractivity contribution in [3.05, 3.63) is 39.2 Å². The van der Waals surface area contributed by atoms with Gasteiger partial charge in [0.25, 0.3) is 5.91 Å². The van der Waals surface area contributed by atoms with Crippen molar-refractivity contribution < 1.29 is 23.5 Å². The number of nitrogens with zero attached hydrogens (tertiary/aromatic N) is 2. The molecule has 0 unspecified atom stereocenters. The molecule has 0 radical (unpaired) electrons. The Labute approximate surface area is 174 Å². The minimum Gasteiger partial charge on any atom is -0.483 e. The van der Waals surface area contributed by atoms with Crippen LogP contribution < -0.4 is 10.4 Å². The summed E-state index contributed by atoms with van der Waals surface area (Å²) in [6.07, 6.45) is 0.194. The van der Waals surface area contributed by atoms with Crippen LogP contribution in [0.2, 0.25) is 0 Å². The van der Waals surface area contributed by atoms with E-state index in [0.29, 0.717) is 48.4 Å². The van der Waals surface area contributed by atoms with Crippen molar-refractivity contribution in [2.24, 2.45) is 0 Å². The Morgan fingerprint density at radius 2 is 1.93 bits per heavy atom. The number of ether oxygens (including phenoxy) is 2. The quantitative estimate of drug-likeness (QED) is 0.708. The third-order valence-corrected chi connectivity index (χ3v) is 6.14. The van der Waals surface area contributed by atoms with Crippen LogP contribution in [0, 0.1) is 20.8 Å². The highest BCUT2D eigenvalue weighted by Gasteiger charge is 2.41. The monoisotopic (exact) mass is 414 g/mol. The summed E-state index contributed by atoms with van der Waals surface area (Å²) in [5.74, 6) is 0.375. The van der Waals surface area contributed by atoms with Crippen molar-refractivity contribution in [2.45, 2.75) is 39.3 Å². The zero-order valence-electron chi connectivity index (χ0n) is 17.7. The molecular formula is C22H26N2O6. The van der Waals surface area contributed by atoms with Gasteiger partial charge in [0.05, 0.1) is 30.6 Å². The van der Waals surface area contributed by atoms with Crippen molar-refractivity contribution in [1.29, 1.82) is 0 Å². The number of hydrogen-bond donors (Lipinski definition) is 0. The molecule has 0 saturated carbocycles.